The van der Waals surface area contributed by atoms with Gasteiger partial charge in [-0.15, -0.1) is 11.3 Å². The van der Waals surface area contributed by atoms with E-state index in [0.29, 0.717) is 5.69 Å². The highest BCUT2D eigenvalue weighted by molar-refractivity contribution is 7.15. The van der Waals surface area contributed by atoms with Gasteiger partial charge in [0.15, 0.2) is 4.96 Å². The van der Waals surface area contributed by atoms with Crippen molar-refractivity contribution in [3.8, 4) is 11.3 Å². The molecule has 0 aliphatic heterocycles. The molecule has 140 valence electrons. The van der Waals surface area contributed by atoms with Crippen LogP contribution in [0, 0.1) is 0 Å². The Morgan fingerprint density at radius 3 is 2.86 bits per heavy atom. The molecule has 0 aliphatic carbocycles. The van der Waals surface area contributed by atoms with E-state index in [9.17, 15) is 4.79 Å². The van der Waals surface area contributed by atoms with Crippen molar-refractivity contribution >= 4 is 40.4 Å². The molecule has 7 nitrogen and oxygen atoms in total. The van der Waals surface area contributed by atoms with Crippen molar-refractivity contribution in [2.75, 3.05) is 12.3 Å². The van der Waals surface area contributed by atoms with E-state index in [4.69, 9.17) is 15.5 Å². The highest BCUT2D eigenvalue weighted by Crippen LogP contribution is 2.28. The molecule has 4 aromatic rings. The van der Waals surface area contributed by atoms with Crippen LogP contribution < -0.4 is 5.73 Å². The zero-order valence-corrected chi connectivity index (χ0v) is 15.9. The summed E-state index contributed by atoms with van der Waals surface area (Å²) in [6.07, 6.45) is 6.95. The molecule has 8 heteroatoms. The average molecular weight is 391 g/mol. The number of benzene rings is 1. The van der Waals surface area contributed by atoms with Crippen molar-refractivity contribution in [3.05, 3.63) is 65.1 Å². The monoisotopic (exact) mass is 391 g/mol. The van der Waals surface area contributed by atoms with Gasteiger partial charge in [0.1, 0.15) is 5.56 Å². The standard InChI is InChI=1S/C20H17N5O2S/c1-2-27-18(26)14-12-22-19(21)23-15(14)8-9-16-17(13-6-4-3-5-7-13)24-20-25(16)10-11-28-20/h3-12H,2H2,1H3,(H2,21,22,23). The fraction of sp³-hybridized carbons (Fsp3) is 0.100. The van der Waals surface area contributed by atoms with E-state index in [-0.39, 0.29) is 18.1 Å². The van der Waals surface area contributed by atoms with E-state index in [1.807, 2.05) is 52.4 Å². The number of carbonyl (C=O) groups excluding carboxylic acids is 1. The number of nitrogens with two attached hydrogens (primary N) is 1. The van der Waals surface area contributed by atoms with E-state index in [2.05, 4.69) is 9.97 Å². The van der Waals surface area contributed by atoms with Gasteiger partial charge >= 0.3 is 5.97 Å². The van der Waals surface area contributed by atoms with Crippen molar-refractivity contribution < 1.29 is 9.53 Å². The van der Waals surface area contributed by atoms with Crippen LogP contribution in [0.25, 0.3) is 28.4 Å². The van der Waals surface area contributed by atoms with Gasteiger partial charge in [0.25, 0.3) is 0 Å². The first kappa shape index (κ1) is 17.9. The van der Waals surface area contributed by atoms with Gasteiger partial charge in [-0.2, -0.15) is 0 Å². The fourth-order valence-electron chi connectivity index (χ4n) is 2.83. The second-order valence-corrected chi connectivity index (χ2v) is 6.72. The maximum atomic E-state index is 12.2. The number of hydrogen-bond donors (Lipinski definition) is 1. The normalized spacial score (nSPS) is 11.3. The van der Waals surface area contributed by atoms with Crippen LogP contribution >= 0.6 is 11.3 Å². The summed E-state index contributed by atoms with van der Waals surface area (Å²) in [5.74, 6) is -0.399. The van der Waals surface area contributed by atoms with Crippen LogP contribution in [0.5, 0.6) is 0 Å². The molecular weight excluding hydrogens is 374 g/mol. The van der Waals surface area contributed by atoms with Gasteiger partial charge in [-0.25, -0.2) is 19.7 Å². The molecule has 0 aliphatic rings. The Bertz CT molecular complexity index is 1160. The van der Waals surface area contributed by atoms with Crippen molar-refractivity contribution in [2.45, 2.75) is 6.92 Å². The van der Waals surface area contributed by atoms with Crippen LogP contribution in [0.15, 0.2) is 48.1 Å². The second kappa shape index (κ2) is 7.61. The fourth-order valence-corrected chi connectivity index (χ4v) is 3.55. The summed E-state index contributed by atoms with van der Waals surface area (Å²) in [6, 6.07) is 9.93. The lowest BCUT2D eigenvalue weighted by Crippen LogP contribution is -2.10. The number of rotatable bonds is 5. The second-order valence-electron chi connectivity index (χ2n) is 5.85. The molecule has 0 bridgehead atoms. The highest BCUT2D eigenvalue weighted by Gasteiger charge is 2.16. The van der Waals surface area contributed by atoms with E-state index in [1.165, 1.54) is 6.20 Å². The zero-order chi connectivity index (χ0) is 19.5. The number of ether oxygens (including phenoxy) is 1. The molecule has 0 fully saturated rings. The lowest BCUT2D eigenvalue weighted by molar-refractivity contribution is 0.0525. The molecule has 0 radical (unpaired) electrons. The van der Waals surface area contributed by atoms with Crippen LogP contribution in [-0.4, -0.2) is 31.9 Å². The largest absolute Gasteiger partial charge is 0.462 e. The molecule has 2 N–H and O–H groups in total. The first-order chi connectivity index (χ1) is 13.7. The van der Waals surface area contributed by atoms with Crippen LogP contribution in [0.4, 0.5) is 5.95 Å². The quantitative estimate of drug-likeness (QED) is 0.520. The number of nitrogens with zero attached hydrogens (tertiary/aromatic N) is 4. The predicted octanol–water partition coefficient (Wildman–Crippen LogP) is 3.78. The smallest absolute Gasteiger partial charge is 0.341 e. The number of hydrogen-bond acceptors (Lipinski definition) is 7. The first-order valence-corrected chi connectivity index (χ1v) is 9.54. The Kier molecular flexibility index (Phi) is 4.86. The maximum Gasteiger partial charge on any atom is 0.341 e. The minimum absolute atomic E-state index is 0.0879. The van der Waals surface area contributed by atoms with Crippen LogP contribution in [-0.2, 0) is 4.74 Å². The van der Waals surface area contributed by atoms with Gasteiger partial charge < -0.3 is 10.5 Å². The lowest BCUT2D eigenvalue weighted by atomic mass is 10.1. The third-order valence-electron chi connectivity index (χ3n) is 4.08. The maximum absolute atomic E-state index is 12.2. The van der Waals surface area contributed by atoms with E-state index in [1.54, 1.807) is 24.3 Å². The Labute approximate surface area is 165 Å². The number of imidazole rings is 1. The number of fused-ring (bicyclic) bond motifs is 1. The van der Waals surface area contributed by atoms with Crippen molar-refractivity contribution in [1.82, 2.24) is 19.4 Å². The van der Waals surface area contributed by atoms with Gasteiger partial charge in [0.05, 0.1) is 23.7 Å². The molecule has 3 heterocycles. The van der Waals surface area contributed by atoms with E-state index < -0.39 is 5.97 Å². The molecular formula is C20H17N5O2S. The molecule has 0 atom stereocenters. The topological polar surface area (TPSA) is 95.4 Å². The van der Waals surface area contributed by atoms with Crippen LogP contribution in [0.2, 0.25) is 0 Å². The Balaban J connectivity index is 1.81. The third kappa shape index (κ3) is 3.37. The van der Waals surface area contributed by atoms with Crippen LogP contribution in [0.3, 0.4) is 0 Å². The number of esters is 1. The summed E-state index contributed by atoms with van der Waals surface area (Å²) in [4.78, 5) is 25.9. The summed E-state index contributed by atoms with van der Waals surface area (Å²) in [7, 11) is 0. The molecule has 0 spiro atoms. The van der Waals surface area contributed by atoms with Crippen molar-refractivity contribution in [1.29, 1.82) is 0 Å². The summed E-state index contributed by atoms with van der Waals surface area (Å²) in [5, 5.41) is 1.97. The minimum atomic E-state index is -0.487. The molecule has 0 saturated heterocycles. The Morgan fingerprint density at radius 1 is 1.25 bits per heavy atom. The molecule has 4 rings (SSSR count). The lowest BCUT2D eigenvalue weighted by Gasteiger charge is -2.05. The number of thiazole rings is 1. The Morgan fingerprint density at radius 2 is 2.07 bits per heavy atom. The molecule has 1 aromatic carbocycles. The van der Waals surface area contributed by atoms with Crippen LogP contribution in [0.1, 0.15) is 28.7 Å². The number of nitrogen functional groups attached to an aromatic ring is 1. The molecule has 3 aromatic heterocycles. The summed E-state index contributed by atoms with van der Waals surface area (Å²) in [6.45, 7) is 2.01. The average Bonchev–Trinajstić information content (AvgIpc) is 3.29. The number of carbonyl (C=O) groups is 1. The number of anilines is 1. The first-order valence-electron chi connectivity index (χ1n) is 8.66. The van der Waals surface area contributed by atoms with Crippen molar-refractivity contribution in [2.24, 2.45) is 0 Å². The number of aromatic nitrogens is 4. The summed E-state index contributed by atoms with van der Waals surface area (Å²) < 4.78 is 7.08. The summed E-state index contributed by atoms with van der Waals surface area (Å²) in [5.41, 5.74) is 9.12. The van der Waals surface area contributed by atoms with Gasteiger partial charge in [0.2, 0.25) is 5.95 Å². The molecule has 28 heavy (non-hydrogen) atoms. The minimum Gasteiger partial charge on any atom is -0.462 e. The predicted molar refractivity (Wildman–Crippen MR) is 110 cm³/mol. The highest BCUT2D eigenvalue weighted by atomic mass is 32.1. The van der Waals surface area contributed by atoms with Gasteiger partial charge in [-0.05, 0) is 19.1 Å². The van der Waals surface area contributed by atoms with E-state index >= 15 is 0 Å². The van der Waals surface area contributed by atoms with Gasteiger partial charge in [-0.1, -0.05) is 30.3 Å². The van der Waals surface area contributed by atoms with Crippen molar-refractivity contribution in [3.63, 3.8) is 0 Å². The zero-order valence-electron chi connectivity index (χ0n) is 15.1. The molecule has 0 unspecified atom stereocenters. The van der Waals surface area contributed by atoms with E-state index in [0.717, 1.165) is 21.9 Å². The SMILES string of the molecule is CCOC(=O)c1cnc(N)nc1C=Cc1c(-c2ccccc2)nc2sccn12. The molecule has 0 saturated carbocycles. The van der Waals surface area contributed by atoms with Gasteiger partial charge in [-0.3, -0.25) is 4.40 Å². The van der Waals surface area contributed by atoms with Gasteiger partial charge in [0, 0.05) is 23.3 Å². The summed E-state index contributed by atoms with van der Waals surface area (Å²) >= 11 is 1.55. The Hall–Kier alpha value is -3.52. The molecule has 0 amide bonds. The third-order valence-corrected chi connectivity index (χ3v) is 4.83.